The largest absolute Gasteiger partial charge is 0.454 e. The van der Waals surface area contributed by atoms with Crippen molar-refractivity contribution in [2.45, 2.75) is 41.9 Å². The van der Waals surface area contributed by atoms with E-state index < -0.39 is 10.0 Å². The number of nitrogens with two attached hydrogens (primary N) is 1. The van der Waals surface area contributed by atoms with Crippen molar-refractivity contribution in [3.05, 3.63) is 30.0 Å². The Kier molecular flexibility index (Phi) is 5.75. The minimum atomic E-state index is -3.33. The molecule has 3 aromatic heterocycles. The molecule has 0 spiro atoms. The summed E-state index contributed by atoms with van der Waals surface area (Å²) in [6.07, 6.45) is 5.34. The predicted octanol–water partition coefficient (Wildman–Crippen LogP) is 2.88. The fourth-order valence-electron chi connectivity index (χ4n) is 3.77. The Morgan fingerprint density at radius 2 is 2.03 bits per heavy atom. The highest BCUT2D eigenvalue weighted by Crippen LogP contribution is 2.45. The number of aryl methyl sites for hydroxylation is 1. The van der Waals surface area contributed by atoms with Crippen LogP contribution in [0.4, 0.5) is 5.82 Å². The molecule has 0 unspecified atom stereocenters. The smallest absolute Gasteiger partial charge is 0.231 e. The molecule has 11 nitrogen and oxygen atoms in total. The number of imidazole rings is 1. The van der Waals surface area contributed by atoms with E-state index >= 15 is 0 Å². The highest BCUT2D eigenvalue weighted by atomic mass is 32.2. The average Bonchev–Trinajstić information content (AvgIpc) is 3.20. The topological polar surface area (TPSA) is 147 Å². The first kappa shape index (κ1) is 22.5. The van der Waals surface area contributed by atoms with Crippen LogP contribution in [0.15, 0.2) is 40.1 Å². The van der Waals surface area contributed by atoms with Crippen LogP contribution in [0.25, 0.3) is 21.7 Å². The van der Waals surface area contributed by atoms with Gasteiger partial charge in [0.15, 0.2) is 33.6 Å². The molecule has 2 aliphatic rings. The molecule has 6 rings (SSSR count). The molecular weight excluding hydrogens is 510 g/mol. The number of anilines is 1. The lowest BCUT2D eigenvalue weighted by atomic mass is 10.2. The van der Waals surface area contributed by atoms with E-state index in [4.69, 9.17) is 20.2 Å². The highest BCUT2D eigenvalue weighted by molar-refractivity contribution is 7.99. The Morgan fingerprint density at radius 1 is 1.20 bits per heavy atom. The van der Waals surface area contributed by atoms with Crippen molar-refractivity contribution in [1.29, 1.82) is 0 Å². The number of benzene rings is 1. The Hall–Kier alpha value is -2.94. The number of aromatic nitrogens is 5. The molecule has 0 atom stereocenters. The summed E-state index contributed by atoms with van der Waals surface area (Å²) in [5, 5.41) is 3.37. The zero-order valence-corrected chi connectivity index (χ0v) is 20.8. The van der Waals surface area contributed by atoms with Gasteiger partial charge in [0.1, 0.15) is 11.3 Å². The maximum atomic E-state index is 12.4. The van der Waals surface area contributed by atoms with E-state index in [1.807, 2.05) is 22.1 Å². The third-order valence-corrected chi connectivity index (χ3v) is 8.96. The molecule has 1 saturated carbocycles. The number of sulfonamides is 1. The maximum Gasteiger partial charge on any atom is 0.231 e. The van der Waals surface area contributed by atoms with Crippen molar-refractivity contribution in [2.24, 2.45) is 0 Å². The number of hydrogen-bond acceptors (Lipinski definition) is 11. The summed E-state index contributed by atoms with van der Waals surface area (Å²) in [7, 11) is -3.33. The molecule has 182 valence electrons. The van der Waals surface area contributed by atoms with Gasteiger partial charge in [-0.15, -0.1) is 11.3 Å². The van der Waals surface area contributed by atoms with Crippen LogP contribution in [-0.2, 0) is 16.6 Å². The molecule has 0 amide bonds. The van der Waals surface area contributed by atoms with Gasteiger partial charge in [-0.3, -0.25) is 0 Å². The molecule has 35 heavy (non-hydrogen) atoms. The van der Waals surface area contributed by atoms with Gasteiger partial charge in [-0.1, -0.05) is 11.8 Å². The predicted molar refractivity (Wildman–Crippen MR) is 132 cm³/mol. The summed E-state index contributed by atoms with van der Waals surface area (Å²) < 4.78 is 40.5. The van der Waals surface area contributed by atoms with E-state index in [0.29, 0.717) is 40.8 Å². The summed E-state index contributed by atoms with van der Waals surface area (Å²) in [5.41, 5.74) is 8.01. The highest BCUT2D eigenvalue weighted by Gasteiger charge is 2.27. The zero-order valence-electron chi connectivity index (χ0n) is 18.4. The molecule has 1 aliphatic heterocycles. The fourth-order valence-corrected chi connectivity index (χ4v) is 6.93. The fraction of sp³-hybridized carbons (Fsp3) is 0.333. The van der Waals surface area contributed by atoms with E-state index in [1.54, 1.807) is 6.20 Å². The van der Waals surface area contributed by atoms with E-state index in [1.165, 1.54) is 29.4 Å². The number of thiazole rings is 1. The summed E-state index contributed by atoms with van der Waals surface area (Å²) >= 11 is 2.93. The molecule has 14 heteroatoms. The van der Waals surface area contributed by atoms with E-state index in [0.717, 1.165) is 28.3 Å². The number of nitrogens with one attached hydrogen (secondary N) is 1. The van der Waals surface area contributed by atoms with Gasteiger partial charge in [0.2, 0.25) is 16.8 Å². The van der Waals surface area contributed by atoms with E-state index in [2.05, 4.69) is 19.7 Å². The van der Waals surface area contributed by atoms with Crippen molar-refractivity contribution in [2.75, 3.05) is 18.3 Å². The Bertz CT molecular complexity index is 1500. The lowest BCUT2D eigenvalue weighted by molar-refractivity contribution is 0.174. The zero-order chi connectivity index (χ0) is 24.0. The third-order valence-electron chi connectivity index (χ3n) is 5.58. The Balaban J connectivity index is 1.35. The number of ether oxygens (including phenoxy) is 2. The SMILES string of the molecule is Nc1ncnc2c1nc(Sc1cc3c(cc1-c1nccs1)OCO3)n2CCCS(=O)(=O)NC1CC1. The first-order valence-electron chi connectivity index (χ1n) is 10.9. The van der Waals surface area contributed by atoms with Gasteiger partial charge >= 0.3 is 0 Å². The monoisotopic (exact) mass is 531 g/mol. The van der Waals surface area contributed by atoms with Crippen LogP contribution in [0.3, 0.4) is 0 Å². The molecular formula is C21H21N7O4S3. The lowest BCUT2D eigenvalue weighted by Crippen LogP contribution is -2.28. The molecule has 1 fully saturated rings. The molecule has 1 aromatic carbocycles. The summed E-state index contributed by atoms with van der Waals surface area (Å²) in [6.45, 7) is 0.562. The average molecular weight is 532 g/mol. The lowest BCUT2D eigenvalue weighted by Gasteiger charge is -2.11. The molecule has 0 bridgehead atoms. The van der Waals surface area contributed by atoms with Gasteiger partial charge in [-0.25, -0.2) is 33.1 Å². The van der Waals surface area contributed by atoms with Crippen LogP contribution >= 0.6 is 23.1 Å². The summed E-state index contributed by atoms with van der Waals surface area (Å²) in [5.74, 6) is 1.59. The molecule has 0 saturated heterocycles. The van der Waals surface area contributed by atoms with Crippen molar-refractivity contribution in [3.63, 3.8) is 0 Å². The van der Waals surface area contributed by atoms with E-state index in [-0.39, 0.29) is 24.4 Å². The van der Waals surface area contributed by atoms with Crippen LogP contribution in [-0.4, -0.2) is 51.5 Å². The van der Waals surface area contributed by atoms with Gasteiger partial charge in [-0.05, 0) is 31.4 Å². The van der Waals surface area contributed by atoms with Crippen LogP contribution in [0.1, 0.15) is 19.3 Å². The molecule has 4 aromatic rings. The molecule has 1 aliphatic carbocycles. The second-order valence-corrected chi connectivity index (χ2v) is 12.0. The van der Waals surface area contributed by atoms with Gasteiger partial charge in [0.25, 0.3) is 0 Å². The van der Waals surface area contributed by atoms with Gasteiger partial charge < -0.3 is 19.8 Å². The second kappa shape index (κ2) is 8.93. The quantitative estimate of drug-likeness (QED) is 0.330. The van der Waals surface area contributed by atoms with Crippen molar-refractivity contribution in [1.82, 2.24) is 29.2 Å². The summed E-state index contributed by atoms with van der Waals surface area (Å²) in [4.78, 5) is 18.5. The van der Waals surface area contributed by atoms with E-state index in [9.17, 15) is 8.42 Å². The van der Waals surface area contributed by atoms with Crippen molar-refractivity contribution >= 4 is 50.1 Å². The summed E-state index contributed by atoms with van der Waals surface area (Å²) in [6, 6.07) is 3.91. The minimum Gasteiger partial charge on any atom is -0.454 e. The second-order valence-electron chi connectivity index (χ2n) is 8.18. The minimum absolute atomic E-state index is 0.0161. The van der Waals surface area contributed by atoms with Crippen molar-refractivity contribution < 1.29 is 17.9 Å². The third kappa shape index (κ3) is 4.66. The number of nitrogens with zero attached hydrogens (tertiary/aromatic N) is 5. The van der Waals surface area contributed by atoms with Crippen LogP contribution in [0.5, 0.6) is 11.5 Å². The van der Waals surface area contributed by atoms with Crippen LogP contribution < -0.4 is 19.9 Å². The Morgan fingerprint density at radius 3 is 2.80 bits per heavy atom. The Labute approximate surface area is 209 Å². The molecule has 4 heterocycles. The number of nitrogen functional groups attached to an aromatic ring is 1. The first-order valence-corrected chi connectivity index (χ1v) is 14.3. The van der Waals surface area contributed by atoms with Gasteiger partial charge in [-0.2, -0.15) is 0 Å². The first-order chi connectivity index (χ1) is 17.0. The number of rotatable bonds is 9. The number of fused-ring (bicyclic) bond motifs is 2. The van der Waals surface area contributed by atoms with Gasteiger partial charge in [0.05, 0.1) is 5.75 Å². The maximum absolute atomic E-state index is 12.4. The van der Waals surface area contributed by atoms with Gasteiger partial charge in [0, 0.05) is 34.6 Å². The standard InChI is InChI=1S/C21H21N7O4S3/c22-18-17-19(25-10-24-18)28(5-1-7-35(29,30)27-12-2-3-12)21(26-17)34-16-9-15-14(31-11-32-15)8-13(16)20-23-4-6-33-20/h4,6,8-10,12,27H,1-3,5,7,11H2,(H2,22,24,25). The molecule has 3 N–H and O–H groups in total. The van der Waals surface area contributed by atoms with Crippen LogP contribution in [0.2, 0.25) is 0 Å². The molecule has 0 radical (unpaired) electrons. The van der Waals surface area contributed by atoms with Crippen LogP contribution in [0, 0.1) is 0 Å². The van der Waals surface area contributed by atoms with Crippen molar-refractivity contribution in [3.8, 4) is 22.1 Å². The normalized spacial score (nSPS) is 15.2. The number of hydrogen-bond donors (Lipinski definition) is 2.